The van der Waals surface area contributed by atoms with E-state index in [1.165, 1.54) is 0 Å². The van der Waals surface area contributed by atoms with Crippen molar-refractivity contribution >= 4 is 39.7 Å². The number of thiophene rings is 1. The van der Waals surface area contributed by atoms with Crippen molar-refractivity contribution in [2.75, 3.05) is 19.6 Å². The SMILES string of the molecule is Cl.O=C(NCC(O)c1cc2ccccc2s1)C1CCCNC1. The minimum absolute atomic E-state index is 0. The topological polar surface area (TPSA) is 61.4 Å². The molecule has 2 heterocycles. The lowest BCUT2D eigenvalue weighted by Crippen LogP contribution is -2.41. The van der Waals surface area contributed by atoms with Crippen LogP contribution in [0.5, 0.6) is 0 Å². The molecule has 0 aliphatic carbocycles. The number of piperidine rings is 1. The van der Waals surface area contributed by atoms with Gasteiger partial charge in [-0.05, 0) is 36.9 Å². The van der Waals surface area contributed by atoms with Crippen molar-refractivity contribution in [3.63, 3.8) is 0 Å². The third-order valence-corrected chi connectivity index (χ3v) is 5.13. The molecule has 2 aromatic rings. The summed E-state index contributed by atoms with van der Waals surface area (Å²) in [7, 11) is 0. The molecule has 1 aromatic heterocycles. The fourth-order valence-corrected chi connectivity index (χ4v) is 3.74. The maximum atomic E-state index is 12.0. The second kappa shape index (κ2) is 7.92. The number of halogens is 1. The van der Waals surface area contributed by atoms with Gasteiger partial charge in [0.05, 0.1) is 5.92 Å². The van der Waals surface area contributed by atoms with Crippen molar-refractivity contribution in [1.29, 1.82) is 0 Å². The van der Waals surface area contributed by atoms with Crippen molar-refractivity contribution in [2.45, 2.75) is 18.9 Å². The zero-order valence-corrected chi connectivity index (χ0v) is 13.9. The molecule has 0 saturated carbocycles. The minimum atomic E-state index is -0.636. The number of carbonyl (C=O) groups excluding carboxylic acids is 1. The fourth-order valence-electron chi connectivity index (χ4n) is 2.68. The second-order valence-electron chi connectivity index (χ2n) is 5.49. The average Bonchev–Trinajstić information content (AvgIpc) is 2.97. The molecule has 6 heteroatoms. The first kappa shape index (κ1) is 17.2. The Morgan fingerprint density at radius 2 is 2.27 bits per heavy atom. The molecular formula is C16H21ClN2O2S. The van der Waals surface area contributed by atoms with Crippen LogP contribution in [0, 0.1) is 5.92 Å². The van der Waals surface area contributed by atoms with E-state index in [1.807, 2.05) is 30.3 Å². The van der Waals surface area contributed by atoms with E-state index in [4.69, 9.17) is 0 Å². The molecule has 1 aromatic carbocycles. The molecule has 1 saturated heterocycles. The zero-order valence-electron chi connectivity index (χ0n) is 12.2. The number of amides is 1. The predicted molar refractivity (Wildman–Crippen MR) is 92.6 cm³/mol. The van der Waals surface area contributed by atoms with E-state index >= 15 is 0 Å². The summed E-state index contributed by atoms with van der Waals surface area (Å²) in [5.41, 5.74) is 0. The molecule has 1 aliphatic heterocycles. The van der Waals surface area contributed by atoms with Gasteiger partial charge < -0.3 is 15.7 Å². The Labute approximate surface area is 140 Å². The molecule has 2 atom stereocenters. The molecule has 0 radical (unpaired) electrons. The normalized spacial score (nSPS) is 19.4. The summed E-state index contributed by atoms with van der Waals surface area (Å²) in [6.07, 6.45) is 1.33. The Bertz CT molecular complexity index is 592. The van der Waals surface area contributed by atoms with Crippen LogP contribution < -0.4 is 10.6 Å². The van der Waals surface area contributed by atoms with E-state index in [1.54, 1.807) is 11.3 Å². The molecule has 3 rings (SSSR count). The molecule has 120 valence electrons. The largest absolute Gasteiger partial charge is 0.386 e. The Balaban J connectivity index is 0.00000176. The lowest BCUT2D eigenvalue weighted by molar-refractivity contribution is -0.125. The van der Waals surface area contributed by atoms with Crippen LogP contribution in [0.15, 0.2) is 30.3 Å². The lowest BCUT2D eigenvalue weighted by Gasteiger charge is -2.22. The van der Waals surface area contributed by atoms with E-state index in [0.717, 1.165) is 40.9 Å². The second-order valence-corrected chi connectivity index (χ2v) is 6.61. The summed E-state index contributed by atoms with van der Waals surface area (Å²) >= 11 is 1.58. The zero-order chi connectivity index (χ0) is 14.7. The van der Waals surface area contributed by atoms with Crippen LogP contribution in [0.4, 0.5) is 0 Å². The fraction of sp³-hybridized carbons (Fsp3) is 0.438. The molecule has 3 N–H and O–H groups in total. The van der Waals surface area contributed by atoms with E-state index in [2.05, 4.69) is 10.6 Å². The van der Waals surface area contributed by atoms with Crippen molar-refractivity contribution < 1.29 is 9.90 Å². The first-order valence-corrected chi connectivity index (χ1v) is 8.20. The monoisotopic (exact) mass is 340 g/mol. The van der Waals surface area contributed by atoms with Gasteiger partial charge in [-0.3, -0.25) is 4.79 Å². The van der Waals surface area contributed by atoms with Gasteiger partial charge in [0.2, 0.25) is 5.91 Å². The van der Waals surface area contributed by atoms with Gasteiger partial charge in [0.1, 0.15) is 6.10 Å². The van der Waals surface area contributed by atoms with Crippen molar-refractivity contribution in [3.8, 4) is 0 Å². The summed E-state index contributed by atoms with van der Waals surface area (Å²) in [6.45, 7) is 2.02. The Hall–Kier alpha value is -1.14. The van der Waals surface area contributed by atoms with Crippen molar-refractivity contribution in [2.24, 2.45) is 5.92 Å². The Morgan fingerprint density at radius 1 is 1.45 bits per heavy atom. The molecule has 22 heavy (non-hydrogen) atoms. The smallest absolute Gasteiger partial charge is 0.224 e. The van der Waals surface area contributed by atoms with E-state index in [-0.39, 0.29) is 30.8 Å². The minimum Gasteiger partial charge on any atom is -0.386 e. The van der Waals surface area contributed by atoms with Gasteiger partial charge in [-0.2, -0.15) is 0 Å². The van der Waals surface area contributed by atoms with E-state index in [0.29, 0.717) is 0 Å². The Morgan fingerprint density at radius 3 is 3.00 bits per heavy atom. The van der Waals surface area contributed by atoms with Crippen LogP contribution in [-0.4, -0.2) is 30.6 Å². The highest BCUT2D eigenvalue weighted by molar-refractivity contribution is 7.19. The summed E-state index contributed by atoms with van der Waals surface area (Å²) in [5, 5.41) is 17.5. The maximum absolute atomic E-state index is 12.0. The van der Waals surface area contributed by atoms with Crippen LogP contribution >= 0.6 is 23.7 Å². The Kier molecular flexibility index (Phi) is 6.20. The highest BCUT2D eigenvalue weighted by atomic mass is 35.5. The van der Waals surface area contributed by atoms with Crippen LogP contribution in [0.2, 0.25) is 0 Å². The highest BCUT2D eigenvalue weighted by Gasteiger charge is 2.21. The number of rotatable bonds is 4. The number of aliphatic hydroxyl groups excluding tert-OH is 1. The predicted octanol–water partition coefficient (Wildman–Crippen LogP) is 2.47. The van der Waals surface area contributed by atoms with Crippen LogP contribution in [-0.2, 0) is 4.79 Å². The van der Waals surface area contributed by atoms with Gasteiger partial charge in [0.15, 0.2) is 0 Å². The van der Waals surface area contributed by atoms with Gasteiger partial charge in [-0.1, -0.05) is 18.2 Å². The molecule has 1 fully saturated rings. The lowest BCUT2D eigenvalue weighted by atomic mass is 9.99. The third-order valence-electron chi connectivity index (χ3n) is 3.91. The first-order chi connectivity index (χ1) is 10.2. The summed E-state index contributed by atoms with van der Waals surface area (Å²) in [6, 6.07) is 10.1. The summed E-state index contributed by atoms with van der Waals surface area (Å²) in [5.74, 6) is 0.0794. The molecule has 2 unspecified atom stereocenters. The van der Waals surface area contributed by atoms with Gasteiger partial charge in [-0.25, -0.2) is 0 Å². The number of carbonyl (C=O) groups is 1. The molecule has 0 bridgehead atoms. The maximum Gasteiger partial charge on any atom is 0.224 e. The van der Waals surface area contributed by atoms with Crippen molar-refractivity contribution in [1.82, 2.24) is 10.6 Å². The number of nitrogens with one attached hydrogen (secondary N) is 2. The van der Waals surface area contributed by atoms with Gasteiger partial charge in [-0.15, -0.1) is 23.7 Å². The number of fused-ring (bicyclic) bond motifs is 1. The summed E-state index contributed by atoms with van der Waals surface area (Å²) in [4.78, 5) is 12.9. The molecule has 4 nitrogen and oxygen atoms in total. The molecular weight excluding hydrogens is 320 g/mol. The van der Waals surface area contributed by atoms with Crippen LogP contribution in [0.1, 0.15) is 23.8 Å². The molecule has 1 aliphatic rings. The summed E-state index contributed by atoms with van der Waals surface area (Å²) < 4.78 is 1.16. The number of hydrogen-bond donors (Lipinski definition) is 3. The highest BCUT2D eigenvalue weighted by Crippen LogP contribution is 2.29. The number of benzene rings is 1. The quantitative estimate of drug-likeness (QED) is 0.801. The first-order valence-electron chi connectivity index (χ1n) is 7.39. The van der Waals surface area contributed by atoms with Crippen LogP contribution in [0.25, 0.3) is 10.1 Å². The average molecular weight is 341 g/mol. The van der Waals surface area contributed by atoms with E-state index < -0.39 is 6.10 Å². The van der Waals surface area contributed by atoms with Gasteiger partial charge in [0.25, 0.3) is 0 Å². The number of aliphatic hydroxyl groups is 1. The van der Waals surface area contributed by atoms with E-state index in [9.17, 15) is 9.90 Å². The van der Waals surface area contributed by atoms with Crippen LogP contribution in [0.3, 0.4) is 0 Å². The number of hydrogen-bond acceptors (Lipinski definition) is 4. The van der Waals surface area contributed by atoms with Gasteiger partial charge in [0, 0.05) is 22.7 Å². The standard InChI is InChI=1S/C16H20N2O2S.ClH/c19-13(10-18-16(20)12-5-3-7-17-9-12)15-8-11-4-1-2-6-14(11)21-15;/h1-2,4,6,8,12-13,17,19H,3,5,7,9-10H2,(H,18,20);1H. The molecule has 1 amide bonds. The molecule has 0 spiro atoms. The van der Waals surface area contributed by atoms with Gasteiger partial charge >= 0.3 is 0 Å². The van der Waals surface area contributed by atoms with Crippen molar-refractivity contribution in [3.05, 3.63) is 35.2 Å². The third kappa shape index (κ3) is 3.98.